The summed E-state index contributed by atoms with van der Waals surface area (Å²) in [6, 6.07) is 0. The van der Waals surface area contributed by atoms with E-state index < -0.39 is 0 Å². The quantitative estimate of drug-likeness (QED) is 0.368. The van der Waals surface area contributed by atoms with Gasteiger partial charge in [0.1, 0.15) is 0 Å². The zero-order valence-corrected chi connectivity index (χ0v) is 8.93. The van der Waals surface area contributed by atoms with Gasteiger partial charge in [-0.2, -0.15) is 5.26 Å². The largest absolute Gasteiger partial charge is 0.393 e. The van der Waals surface area contributed by atoms with Crippen molar-refractivity contribution in [2.24, 2.45) is 11.8 Å². The van der Waals surface area contributed by atoms with Crippen LogP contribution in [0.25, 0.3) is 0 Å². The average molecular weight is 213 g/mol. The molecule has 3 unspecified atom stereocenters. The van der Waals surface area contributed by atoms with Crippen LogP contribution in [0.2, 0.25) is 0 Å². The van der Waals surface area contributed by atoms with E-state index in [1.54, 1.807) is 0 Å². The molecule has 0 saturated heterocycles. The second kappa shape index (κ2) is 6.65. The van der Waals surface area contributed by atoms with Gasteiger partial charge in [-0.15, -0.1) is 5.26 Å². The van der Waals surface area contributed by atoms with Crippen LogP contribution in [0.4, 0.5) is 0 Å². The lowest BCUT2D eigenvalue weighted by atomic mass is 9.69. The van der Waals surface area contributed by atoms with Crippen molar-refractivity contribution in [3.63, 3.8) is 0 Å². The molecular formula is C11H19NO3. The highest BCUT2D eigenvalue weighted by molar-refractivity contribution is 4.84. The Balaban J connectivity index is 0.000000245. The summed E-state index contributed by atoms with van der Waals surface area (Å²) in [6.45, 7) is 0. The number of aliphatic hydroxyl groups is 1. The fourth-order valence-corrected chi connectivity index (χ4v) is 2.90. The topological polar surface area (TPSA) is 73.5 Å². The van der Waals surface area contributed by atoms with Crippen LogP contribution in [-0.4, -0.2) is 16.5 Å². The summed E-state index contributed by atoms with van der Waals surface area (Å²) in [5.41, 5.74) is 0. The molecule has 2 aliphatic carbocycles. The van der Waals surface area contributed by atoms with Crippen LogP contribution in [-0.2, 0) is 4.89 Å². The van der Waals surface area contributed by atoms with Gasteiger partial charge in [-0.3, -0.25) is 4.89 Å². The van der Waals surface area contributed by atoms with Crippen molar-refractivity contribution < 1.29 is 15.3 Å². The molecule has 3 atom stereocenters. The number of nitriles is 1. The summed E-state index contributed by atoms with van der Waals surface area (Å²) in [7, 11) is 0. The van der Waals surface area contributed by atoms with Gasteiger partial charge in [-0.1, -0.05) is 25.7 Å². The van der Waals surface area contributed by atoms with Crippen molar-refractivity contribution in [1.82, 2.24) is 0 Å². The average Bonchev–Trinajstić information content (AvgIpc) is 2.30. The van der Waals surface area contributed by atoms with Gasteiger partial charge in [0.05, 0.1) is 6.10 Å². The Morgan fingerprint density at radius 1 is 1.07 bits per heavy atom. The van der Waals surface area contributed by atoms with Gasteiger partial charge < -0.3 is 5.11 Å². The van der Waals surface area contributed by atoms with Crippen LogP contribution >= 0.6 is 0 Å². The number of fused-ring (bicyclic) bond motifs is 1. The predicted molar refractivity (Wildman–Crippen MR) is 54.6 cm³/mol. The maximum Gasteiger partial charge on any atom is 0.324 e. The van der Waals surface area contributed by atoms with Crippen LogP contribution in [0.1, 0.15) is 44.9 Å². The molecule has 0 heterocycles. The summed E-state index contributed by atoms with van der Waals surface area (Å²) >= 11 is 0. The van der Waals surface area contributed by atoms with E-state index in [4.69, 9.17) is 10.5 Å². The maximum absolute atomic E-state index is 9.70. The molecule has 0 radical (unpaired) electrons. The molecule has 86 valence electrons. The molecule has 4 heteroatoms. The van der Waals surface area contributed by atoms with Gasteiger partial charge >= 0.3 is 6.26 Å². The molecule has 0 aromatic heterocycles. The fourth-order valence-electron chi connectivity index (χ4n) is 2.90. The number of nitrogens with zero attached hydrogens (tertiary/aromatic N) is 1. The SMILES string of the molecule is N#COO.OC1CCCC2CCCCC12. The maximum atomic E-state index is 9.70. The van der Waals surface area contributed by atoms with E-state index in [2.05, 4.69) is 4.89 Å². The van der Waals surface area contributed by atoms with Crippen LogP contribution in [0.15, 0.2) is 0 Å². The highest BCUT2D eigenvalue weighted by Crippen LogP contribution is 2.40. The fraction of sp³-hybridized carbons (Fsp3) is 0.909. The molecule has 2 fully saturated rings. The van der Waals surface area contributed by atoms with Crippen molar-refractivity contribution in [3.05, 3.63) is 0 Å². The predicted octanol–water partition coefficient (Wildman–Crippen LogP) is 2.29. The standard InChI is InChI=1S/C10H18O.CHNO2/c11-10-7-3-5-8-4-1-2-6-9(8)10;2-1-4-3/h8-11H,1-7H2;3H. The zero-order chi connectivity index (χ0) is 11.1. The zero-order valence-electron chi connectivity index (χ0n) is 8.93. The first-order valence-electron chi connectivity index (χ1n) is 5.67. The molecule has 15 heavy (non-hydrogen) atoms. The minimum Gasteiger partial charge on any atom is -0.393 e. The van der Waals surface area contributed by atoms with E-state index in [1.165, 1.54) is 38.5 Å². The van der Waals surface area contributed by atoms with Gasteiger partial charge in [0, 0.05) is 0 Å². The Labute approximate surface area is 90.4 Å². The second-order valence-electron chi connectivity index (χ2n) is 4.39. The van der Waals surface area contributed by atoms with Crippen molar-refractivity contribution in [1.29, 1.82) is 5.26 Å². The molecule has 2 rings (SSSR count). The summed E-state index contributed by atoms with van der Waals surface area (Å²) in [5, 5.41) is 23.9. The molecule has 0 amide bonds. The smallest absolute Gasteiger partial charge is 0.324 e. The summed E-state index contributed by atoms with van der Waals surface area (Å²) in [6.07, 6.45) is 10.2. The van der Waals surface area contributed by atoms with E-state index in [9.17, 15) is 5.11 Å². The summed E-state index contributed by atoms with van der Waals surface area (Å²) in [4.78, 5) is 2.85. The molecule has 2 N–H and O–H groups in total. The lowest BCUT2D eigenvalue weighted by Gasteiger charge is -2.38. The minimum absolute atomic E-state index is 0.0500. The summed E-state index contributed by atoms with van der Waals surface area (Å²) in [5.74, 6) is 1.56. The summed E-state index contributed by atoms with van der Waals surface area (Å²) < 4.78 is 0. The van der Waals surface area contributed by atoms with Crippen molar-refractivity contribution in [3.8, 4) is 6.26 Å². The molecule has 0 aromatic carbocycles. The van der Waals surface area contributed by atoms with Gasteiger partial charge in [-0.05, 0) is 31.1 Å². The van der Waals surface area contributed by atoms with Crippen molar-refractivity contribution in [2.75, 3.05) is 0 Å². The highest BCUT2D eigenvalue weighted by atomic mass is 17.1. The molecule has 4 nitrogen and oxygen atoms in total. The Morgan fingerprint density at radius 3 is 2.27 bits per heavy atom. The van der Waals surface area contributed by atoms with Gasteiger partial charge in [0.25, 0.3) is 0 Å². The van der Waals surface area contributed by atoms with Gasteiger partial charge in [0.2, 0.25) is 0 Å². The van der Waals surface area contributed by atoms with Crippen LogP contribution < -0.4 is 0 Å². The third kappa shape index (κ3) is 3.69. The van der Waals surface area contributed by atoms with Crippen molar-refractivity contribution >= 4 is 0 Å². The molecule has 0 spiro atoms. The number of aliphatic hydroxyl groups excluding tert-OH is 1. The Hall–Kier alpha value is -0.790. The van der Waals surface area contributed by atoms with Crippen molar-refractivity contribution in [2.45, 2.75) is 51.0 Å². The van der Waals surface area contributed by atoms with E-state index >= 15 is 0 Å². The highest BCUT2D eigenvalue weighted by Gasteiger charge is 2.33. The Bertz CT molecular complexity index is 212. The van der Waals surface area contributed by atoms with E-state index in [1.807, 2.05) is 0 Å². The molecule has 0 aliphatic heterocycles. The number of hydrogen-bond donors (Lipinski definition) is 2. The number of hydrogen-bond acceptors (Lipinski definition) is 4. The van der Waals surface area contributed by atoms with Crippen LogP contribution in [0.3, 0.4) is 0 Å². The third-order valence-corrected chi connectivity index (χ3v) is 3.58. The molecular weight excluding hydrogens is 194 g/mol. The normalized spacial score (nSPS) is 34.1. The van der Waals surface area contributed by atoms with E-state index in [0.29, 0.717) is 5.92 Å². The van der Waals surface area contributed by atoms with Crippen LogP contribution in [0.5, 0.6) is 0 Å². The van der Waals surface area contributed by atoms with E-state index in [-0.39, 0.29) is 6.10 Å². The number of rotatable bonds is 0. The lowest BCUT2D eigenvalue weighted by molar-refractivity contribution is -0.174. The van der Waals surface area contributed by atoms with Gasteiger partial charge in [0.15, 0.2) is 0 Å². The Kier molecular flexibility index (Phi) is 5.44. The van der Waals surface area contributed by atoms with Crippen LogP contribution in [0, 0.1) is 23.4 Å². The minimum atomic E-state index is 0.0500. The molecule has 0 aromatic rings. The van der Waals surface area contributed by atoms with Gasteiger partial charge in [-0.25, -0.2) is 0 Å². The molecule has 2 saturated carbocycles. The molecule has 0 bridgehead atoms. The monoisotopic (exact) mass is 213 g/mol. The van der Waals surface area contributed by atoms with E-state index in [0.717, 1.165) is 18.6 Å². The molecule has 2 aliphatic rings. The first kappa shape index (κ1) is 12.3. The first-order valence-corrected chi connectivity index (χ1v) is 5.67. The Morgan fingerprint density at radius 2 is 1.67 bits per heavy atom. The third-order valence-electron chi connectivity index (χ3n) is 3.58. The second-order valence-corrected chi connectivity index (χ2v) is 4.39. The lowest BCUT2D eigenvalue weighted by Crippen LogP contribution is -2.34. The first-order chi connectivity index (χ1) is 7.29.